The maximum Gasteiger partial charge on any atom is 0.406 e. The molecule has 0 aliphatic carbocycles. The van der Waals surface area contributed by atoms with Gasteiger partial charge in [0.1, 0.15) is 5.75 Å². The van der Waals surface area contributed by atoms with Gasteiger partial charge < -0.3 is 10.1 Å². The molecule has 1 rings (SSSR count). The molecular formula is C11H10BrF3N2O. The number of ether oxygens (including phenoxy) is 1. The Morgan fingerprint density at radius 1 is 1.44 bits per heavy atom. The molecule has 0 aliphatic rings. The molecule has 0 fully saturated rings. The zero-order chi connectivity index (χ0) is 13.8. The van der Waals surface area contributed by atoms with Gasteiger partial charge in [-0.25, -0.2) is 0 Å². The summed E-state index contributed by atoms with van der Waals surface area (Å²) in [6.45, 7) is -0.500. The highest BCUT2D eigenvalue weighted by Gasteiger charge is 2.39. The smallest absolute Gasteiger partial charge is 0.406 e. The fourth-order valence-electron chi connectivity index (χ4n) is 1.24. The van der Waals surface area contributed by atoms with Gasteiger partial charge in [-0.05, 0) is 12.1 Å². The van der Waals surface area contributed by atoms with Crippen LogP contribution in [0.5, 0.6) is 5.75 Å². The molecule has 0 bridgehead atoms. The van der Waals surface area contributed by atoms with E-state index in [0.717, 1.165) is 0 Å². The van der Waals surface area contributed by atoms with Crippen LogP contribution in [0.3, 0.4) is 0 Å². The molecule has 0 heterocycles. The van der Waals surface area contributed by atoms with Crippen LogP contribution >= 0.6 is 15.9 Å². The highest BCUT2D eigenvalue weighted by atomic mass is 79.9. The van der Waals surface area contributed by atoms with Crippen LogP contribution in [0.15, 0.2) is 22.7 Å². The number of hydrogen-bond acceptors (Lipinski definition) is 3. The van der Waals surface area contributed by atoms with Crippen molar-refractivity contribution in [1.82, 2.24) is 0 Å². The van der Waals surface area contributed by atoms with E-state index >= 15 is 0 Å². The second-order valence-corrected chi connectivity index (χ2v) is 4.40. The maximum atomic E-state index is 12.4. The Hall–Kier alpha value is -1.42. The minimum Gasteiger partial charge on any atom is -0.497 e. The lowest BCUT2D eigenvalue weighted by Crippen LogP contribution is -2.28. The number of benzene rings is 1. The summed E-state index contributed by atoms with van der Waals surface area (Å²) in [6.07, 6.45) is -4.53. The number of anilines is 1. The lowest BCUT2D eigenvalue weighted by molar-refractivity contribution is -0.155. The molecule has 1 unspecified atom stereocenters. The molecule has 0 aromatic heterocycles. The predicted octanol–water partition coefficient (Wildman–Crippen LogP) is 3.57. The van der Waals surface area contributed by atoms with E-state index in [0.29, 0.717) is 15.9 Å². The van der Waals surface area contributed by atoms with E-state index in [-0.39, 0.29) is 0 Å². The van der Waals surface area contributed by atoms with Crippen molar-refractivity contribution < 1.29 is 17.9 Å². The quantitative estimate of drug-likeness (QED) is 0.921. The van der Waals surface area contributed by atoms with Crippen molar-refractivity contribution >= 4 is 21.6 Å². The van der Waals surface area contributed by atoms with Crippen LogP contribution in [0, 0.1) is 17.2 Å². The average Bonchev–Trinajstić information content (AvgIpc) is 2.27. The van der Waals surface area contributed by atoms with Gasteiger partial charge >= 0.3 is 6.18 Å². The van der Waals surface area contributed by atoms with Crippen molar-refractivity contribution in [3.05, 3.63) is 22.7 Å². The summed E-state index contributed by atoms with van der Waals surface area (Å²) in [5.74, 6) is -1.53. The molecule has 1 aromatic rings. The normalized spacial score (nSPS) is 12.7. The van der Waals surface area contributed by atoms with Gasteiger partial charge in [-0.1, -0.05) is 15.9 Å². The van der Waals surface area contributed by atoms with E-state index in [1.54, 1.807) is 18.2 Å². The SMILES string of the molecule is COc1cc(Br)cc(NCC(C#N)C(F)(F)F)c1. The van der Waals surface area contributed by atoms with Gasteiger partial charge in [-0.15, -0.1) is 0 Å². The number of nitriles is 1. The van der Waals surface area contributed by atoms with E-state index < -0.39 is 18.6 Å². The second-order valence-electron chi connectivity index (χ2n) is 3.48. The Kier molecular flexibility index (Phi) is 4.84. The van der Waals surface area contributed by atoms with Crippen molar-refractivity contribution in [2.45, 2.75) is 6.18 Å². The molecule has 1 atom stereocenters. The number of alkyl halides is 3. The fourth-order valence-corrected chi connectivity index (χ4v) is 1.71. The molecule has 0 spiro atoms. The molecule has 0 saturated carbocycles. The lowest BCUT2D eigenvalue weighted by Gasteiger charge is -2.15. The summed E-state index contributed by atoms with van der Waals surface area (Å²) < 4.78 is 42.7. The van der Waals surface area contributed by atoms with Gasteiger partial charge in [0.05, 0.1) is 13.2 Å². The number of methoxy groups -OCH3 is 1. The largest absolute Gasteiger partial charge is 0.497 e. The molecule has 18 heavy (non-hydrogen) atoms. The van der Waals surface area contributed by atoms with Crippen molar-refractivity contribution in [1.29, 1.82) is 5.26 Å². The lowest BCUT2D eigenvalue weighted by atomic mass is 10.1. The first-order chi connectivity index (χ1) is 8.36. The van der Waals surface area contributed by atoms with Crippen molar-refractivity contribution in [3.8, 4) is 11.8 Å². The van der Waals surface area contributed by atoms with Crippen LogP contribution < -0.4 is 10.1 Å². The summed E-state index contributed by atoms with van der Waals surface area (Å²) in [5.41, 5.74) is 0.450. The summed E-state index contributed by atoms with van der Waals surface area (Å²) in [6, 6.07) is 6.06. The molecule has 98 valence electrons. The third kappa shape index (κ3) is 4.11. The Morgan fingerprint density at radius 2 is 2.11 bits per heavy atom. The highest BCUT2D eigenvalue weighted by molar-refractivity contribution is 9.10. The molecule has 1 N–H and O–H groups in total. The van der Waals surface area contributed by atoms with E-state index in [4.69, 9.17) is 10.00 Å². The van der Waals surface area contributed by atoms with Gasteiger partial charge in [0, 0.05) is 22.8 Å². The second kappa shape index (κ2) is 5.96. The zero-order valence-electron chi connectivity index (χ0n) is 9.38. The van der Waals surface area contributed by atoms with Gasteiger partial charge in [-0.2, -0.15) is 18.4 Å². The molecular weight excluding hydrogens is 313 g/mol. The fraction of sp³-hybridized carbons (Fsp3) is 0.364. The third-order valence-electron chi connectivity index (χ3n) is 2.17. The number of nitrogens with zero attached hydrogens (tertiary/aromatic N) is 1. The van der Waals surface area contributed by atoms with Gasteiger partial charge in [0.2, 0.25) is 0 Å². The summed E-state index contributed by atoms with van der Waals surface area (Å²) in [5, 5.41) is 11.0. The van der Waals surface area contributed by atoms with Crippen LogP contribution in [0.4, 0.5) is 18.9 Å². The van der Waals surface area contributed by atoms with E-state index in [1.807, 2.05) is 0 Å². The van der Waals surface area contributed by atoms with Gasteiger partial charge in [0.25, 0.3) is 0 Å². The van der Waals surface area contributed by atoms with Gasteiger partial charge in [0.15, 0.2) is 5.92 Å². The number of rotatable bonds is 4. The van der Waals surface area contributed by atoms with Crippen LogP contribution in [0.2, 0.25) is 0 Å². The molecule has 1 aromatic carbocycles. The minimum absolute atomic E-state index is 0.450. The average molecular weight is 323 g/mol. The highest BCUT2D eigenvalue weighted by Crippen LogP contribution is 2.28. The number of halogens is 4. The predicted molar refractivity (Wildman–Crippen MR) is 64.3 cm³/mol. The van der Waals surface area contributed by atoms with Gasteiger partial charge in [-0.3, -0.25) is 0 Å². The molecule has 3 nitrogen and oxygen atoms in total. The molecule has 0 aliphatic heterocycles. The first-order valence-electron chi connectivity index (χ1n) is 4.91. The summed E-state index contributed by atoms with van der Waals surface area (Å²) in [7, 11) is 1.46. The van der Waals surface area contributed by atoms with Crippen molar-refractivity contribution in [2.24, 2.45) is 5.92 Å². The molecule has 0 radical (unpaired) electrons. The maximum absolute atomic E-state index is 12.4. The minimum atomic E-state index is -4.53. The van der Waals surface area contributed by atoms with Crippen LogP contribution in [-0.4, -0.2) is 19.8 Å². The monoisotopic (exact) mass is 322 g/mol. The van der Waals surface area contributed by atoms with Crippen LogP contribution in [0.25, 0.3) is 0 Å². The zero-order valence-corrected chi connectivity index (χ0v) is 11.0. The first-order valence-corrected chi connectivity index (χ1v) is 5.71. The Bertz CT molecular complexity index is 457. The topological polar surface area (TPSA) is 45.0 Å². The Morgan fingerprint density at radius 3 is 2.61 bits per heavy atom. The van der Waals surface area contributed by atoms with E-state index in [1.165, 1.54) is 13.2 Å². The van der Waals surface area contributed by atoms with Crippen LogP contribution in [-0.2, 0) is 0 Å². The van der Waals surface area contributed by atoms with Crippen LogP contribution in [0.1, 0.15) is 0 Å². The molecule has 0 saturated heterocycles. The molecule has 7 heteroatoms. The van der Waals surface area contributed by atoms with Crippen molar-refractivity contribution in [3.63, 3.8) is 0 Å². The van der Waals surface area contributed by atoms with E-state index in [2.05, 4.69) is 21.2 Å². The standard InChI is InChI=1S/C11H10BrF3N2O/c1-18-10-3-8(12)2-9(4-10)17-6-7(5-16)11(13,14)15/h2-4,7,17H,6H2,1H3. The number of hydrogen-bond donors (Lipinski definition) is 1. The molecule has 0 amide bonds. The summed E-state index contributed by atoms with van der Waals surface area (Å²) >= 11 is 3.21. The Balaban J connectivity index is 2.74. The number of nitrogens with one attached hydrogen (secondary N) is 1. The van der Waals surface area contributed by atoms with E-state index in [9.17, 15) is 13.2 Å². The Labute approximate surface area is 111 Å². The summed E-state index contributed by atoms with van der Waals surface area (Å²) in [4.78, 5) is 0. The third-order valence-corrected chi connectivity index (χ3v) is 2.63. The first kappa shape index (κ1) is 14.6. The van der Waals surface area contributed by atoms with Crippen molar-refractivity contribution in [2.75, 3.05) is 19.0 Å².